The van der Waals surface area contributed by atoms with E-state index in [0.717, 1.165) is 50.7 Å². The van der Waals surface area contributed by atoms with Crippen molar-refractivity contribution in [3.8, 4) is 0 Å². The normalized spacial score (nSPS) is 28.1. The van der Waals surface area contributed by atoms with Gasteiger partial charge in [-0.2, -0.15) is 0 Å². The summed E-state index contributed by atoms with van der Waals surface area (Å²) in [5.74, 6) is 3.15. The average Bonchev–Trinajstić information content (AvgIpc) is 2.81. The topological polar surface area (TPSA) is 20.3 Å². The number of rotatable bonds is 5. The molecule has 5 heteroatoms. The molecule has 3 unspecified atom stereocenters. The Balaban J connectivity index is 0.000000250. The molecule has 1 aliphatic heterocycles. The van der Waals surface area contributed by atoms with Crippen molar-refractivity contribution in [1.29, 1.82) is 0 Å². The van der Waals surface area contributed by atoms with E-state index in [2.05, 4.69) is 65.0 Å². The third kappa shape index (κ3) is 8.53. The van der Waals surface area contributed by atoms with E-state index in [4.69, 9.17) is 0 Å². The minimum atomic E-state index is -0.482. The molecule has 2 aromatic carbocycles. The number of hydrogen-bond acceptors (Lipinski definition) is 1. The Labute approximate surface area is 247 Å². The number of nitrogens with zero attached hydrogens (tertiary/aromatic N) is 1. The number of carbonyl (C=O) groups excluding carboxylic acids is 1. The van der Waals surface area contributed by atoms with E-state index in [1.54, 1.807) is 6.07 Å². The number of amides is 1. The second-order valence-corrected chi connectivity index (χ2v) is 11.5. The first-order valence-electron chi connectivity index (χ1n) is 13.4. The van der Waals surface area contributed by atoms with Gasteiger partial charge in [0.05, 0.1) is 0 Å². The molecule has 1 heterocycles. The molecular formula is C31H43F2HoNO. The molecule has 1 radical (unpaired) electrons. The molecule has 1 aliphatic carbocycles. The first-order valence-corrected chi connectivity index (χ1v) is 13.4. The molecule has 203 valence electrons. The van der Waals surface area contributed by atoms with Crippen LogP contribution in [0.25, 0.3) is 0 Å². The number of carbonyl (C=O) groups is 1. The third-order valence-corrected chi connectivity index (χ3v) is 8.14. The number of likely N-dealkylation sites (tertiary alicyclic amines) is 1. The van der Waals surface area contributed by atoms with E-state index in [9.17, 15) is 13.6 Å². The van der Waals surface area contributed by atoms with Crippen LogP contribution in [0.1, 0.15) is 83.3 Å². The van der Waals surface area contributed by atoms with Crippen LogP contribution in [-0.4, -0.2) is 24.4 Å². The van der Waals surface area contributed by atoms with E-state index in [1.165, 1.54) is 18.1 Å². The van der Waals surface area contributed by atoms with Crippen LogP contribution in [0, 0.1) is 79.0 Å². The number of benzene rings is 2. The summed E-state index contributed by atoms with van der Waals surface area (Å²) in [5, 5.41) is 0. The van der Waals surface area contributed by atoms with Gasteiger partial charge < -0.3 is 4.90 Å². The molecule has 1 saturated carbocycles. The molecular weight excluding hydrogens is 605 g/mol. The summed E-state index contributed by atoms with van der Waals surface area (Å²) in [5.41, 5.74) is 2.12. The Kier molecular flexibility index (Phi) is 12.9. The molecule has 1 saturated heterocycles. The van der Waals surface area contributed by atoms with Gasteiger partial charge in [0.2, 0.25) is 6.41 Å². The molecule has 0 N–H and O–H groups in total. The van der Waals surface area contributed by atoms with E-state index < -0.39 is 5.82 Å². The predicted octanol–water partition coefficient (Wildman–Crippen LogP) is 8.05. The van der Waals surface area contributed by atoms with Crippen molar-refractivity contribution in [2.24, 2.45) is 29.6 Å². The van der Waals surface area contributed by atoms with Crippen LogP contribution in [0.2, 0.25) is 0 Å². The van der Waals surface area contributed by atoms with Crippen molar-refractivity contribution in [2.45, 2.75) is 72.1 Å². The van der Waals surface area contributed by atoms with Crippen LogP contribution >= 0.6 is 0 Å². The zero-order chi connectivity index (χ0) is 25.5. The maximum Gasteiger partial charge on any atom is 0.209 e. The van der Waals surface area contributed by atoms with E-state index in [-0.39, 0.29) is 49.5 Å². The fraction of sp³-hybridized carbons (Fsp3) is 0.581. The van der Waals surface area contributed by atoms with Gasteiger partial charge in [0.25, 0.3) is 0 Å². The zero-order valence-electron chi connectivity index (χ0n) is 22.4. The molecule has 2 aromatic rings. The van der Waals surface area contributed by atoms with Crippen LogP contribution in [-0.2, 0) is 4.79 Å². The van der Waals surface area contributed by atoms with Crippen molar-refractivity contribution in [1.82, 2.24) is 4.90 Å². The van der Waals surface area contributed by atoms with Crippen molar-refractivity contribution >= 4 is 6.41 Å². The Hall–Kier alpha value is -0.970. The van der Waals surface area contributed by atoms with Crippen LogP contribution < -0.4 is 0 Å². The number of halogens is 2. The second-order valence-electron chi connectivity index (χ2n) is 11.5. The van der Waals surface area contributed by atoms with Gasteiger partial charge in [0.15, 0.2) is 0 Å². The molecule has 1 amide bonds. The van der Waals surface area contributed by atoms with E-state index in [1.807, 2.05) is 4.90 Å². The number of hydrogen-bond donors (Lipinski definition) is 0. The van der Waals surface area contributed by atoms with Crippen LogP contribution in [0.3, 0.4) is 0 Å². The second kappa shape index (κ2) is 14.8. The van der Waals surface area contributed by atoms with Crippen molar-refractivity contribution in [2.75, 3.05) is 13.1 Å². The quantitative estimate of drug-likeness (QED) is 0.238. The van der Waals surface area contributed by atoms with Crippen LogP contribution in [0.15, 0.2) is 48.5 Å². The van der Waals surface area contributed by atoms with Gasteiger partial charge in [-0.1, -0.05) is 71.0 Å². The van der Waals surface area contributed by atoms with Gasteiger partial charge in [-0.15, -0.1) is 0 Å². The van der Waals surface area contributed by atoms with Gasteiger partial charge in [-0.25, -0.2) is 8.78 Å². The van der Waals surface area contributed by atoms with Crippen molar-refractivity contribution in [3.05, 3.63) is 71.3 Å². The summed E-state index contributed by atoms with van der Waals surface area (Å²) >= 11 is 0. The molecule has 0 spiro atoms. The van der Waals surface area contributed by atoms with Gasteiger partial charge in [0.1, 0.15) is 11.6 Å². The van der Waals surface area contributed by atoms with E-state index in [0.29, 0.717) is 35.2 Å². The zero-order valence-corrected chi connectivity index (χ0v) is 24.3. The summed E-state index contributed by atoms with van der Waals surface area (Å²) < 4.78 is 26.9. The maximum absolute atomic E-state index is 13.9. The summed E-state index contributed by atoms with van der Waals surface area (Å²) in [6.45, 7) is 13.0. The number of piperidine rings is 1. The van der Waals surface area contributed by atoms with Gasteiger partial charge in [0, 0.05) is 56.9 Å². The molecule has 4 rings (SSSR count). The molecule has 2 nitrogen and oxygen atoms in total. The molecule has 2 aliphatic rings. The first-order chi connectivity index (χ1) is 16.7. The third-order valence-electron chi connectivity index (χ3n) is 8.14. The van der Waals surface area contributed by atoms with Gasteiger partial charge >= 0.3 is 0 Å². The Morgan fingerprint density at radius 3 is 2.14 bits per heavy atom. The summed E-state index contributed by atoms with van der Waals surface area (Å²) in [6.07, 6.45) is 5.41. The summed E-state index contributed by atoms with van der Waals surface area (Å²) in [4.78, 5) is 12.7. The minimum absolute atomic E-state index is 0. The average molecular weight is 649 g/mol. The molecule has 0 bridgehead atoms. The van der Waals surface area contributed by atoms with Crippen LogP contribution in [0.5, 0.6) is 0 Å². The molecule has 6 atom stereocenters. The predicted molar refractivity (Wildman–Crippen MR) is 140 cm³/mol. The molecule has 0 aromatic heterocycles. The fourth-order valence-corrected chi connectivity index (χ4v) is 6.49. The smallest absolute Gasteiger partial charge is 0.209 e. The largest absolute Gasteiger partial charge is 0.345 e. The summed E-state index contributed by atoms with van der Waals surface area (Å²) in [7, 11) is 0. The molecule has 36 heavy (non-hydrogen) atoms. The standard InChI is InChI=1S/C17H24F2.C14H19NO.Ho/c1-11(2)8-14-9-13(5-4-12(14)3)16-7-6-15(18)10-17(16)19;1-11-8-15(10-16)9-12(2)14(11)13-6-4-3-5-7-13;/h6-7,10-14H,4-5,8-9H2,1-3H3;3-7,10-12,14H,8-9H2,1-2H3;/t12?,13-,14?;11-,12+,14?;/m0../s1. The van der Waals surface area contributed by atoms with Gasteiger partial charge in [-0.05, 0) is 84.3 Å². The first kappa shape index (κ1) is 31.2. The molecule has 2 fully saturated rings. The van der Waals surface area contributed by atoms with Crippen molar-refractivity contribution in [3.63, 3.8) is 0 Å². The fourth-order valence-electron chi connectivity index (χ4n) is 6.49. The van der Waals surface area contributed by atoms with Crippen LogP contribution in [0.4, 0.5) is 8.78 Å². The summed E-state index contributed by atoms with van der Waals surface area (Å²) in [6, 6.07) is 14.7. The maximum atomic E-state index is 13.9. The minimum Gasteiger partial charge on any atom is -0.345 e. The Bertz CT molecular complexity index is 925. The van der Waals surface area contributed by atoms with Gasteiger partial charge in [-0.3, -0.25) is 4.79 Å². The van der Waals surface area contributed by atoms with E-state index >= 15 is 0 Å². The monoisotopic (exact) mass is 648 g/mol. The van der Waals surface area contributed by atoms with Crippen molar-refractivity contribution < 1.29 is 51.3 Å². The Morgan fingerprint density at radius 1 is 0.944 bits per heavy atom. The SMILES string of the molecule is CC(C)CC1C[C@@H](c2ccc(F)cc2F)CCC1C.C[C@@H]1CN(C=O)C[C@H](C)C1c1ccccc1.[Ho]. The Morgan fingerprint density at radius 2 is 1.58 bits per heavy atom.